The number of unbranched alkanes of at least 4 members (excludes halogenated alkanes) is 3. The quantitative estimate of drug-likeness (QED) is 0.752. The number of nitrogens with two attached hydrogens (primary N) is 1. The van der Waals surface area contributed by atoms with Gasteiger partial charge in [0, 0.05) is 12.0 Å². The van der Waals surface area contributed by atoms with Crippen LogP contribution in [0.2, 0.25) is 0 Å². The second-order valence-electron chi connectivity index (χ2n) is 6.76. The predicted molar refractivity (Wildman–Crippen MR) is 82.0 cm³/mol. The van der Waals surface area contributed by atoms with Crippen LogP contribution in [0.4, 0.5) is 18.0 Å². The van der Waals surface area contributed by atoms with Crippen molar-refractivity contribution >= 4 is 6.09 Å². The van der Waals surface area contributed by atoms with Crippen molar-refractivity contribution < 1.29 is 22.7 Å². The first kappa shape index (κ1) is 20.2. The monoisotopic (exact) mass is 350 g/mol. The Hall–Kier alpha value is -1.80. The summed E-state index contributed by atoms with van der Waals surface area (Å²) in [4.78, 5) is 14.8. The Morgan fingerprint density at radius 2 is 1.88 bits per heavy atom. The Kier molecular flexibility index (Phi) is 6.62. The molecule has 0 saturated heterocycles. The maximum absolute atomic E-state index is 13.0. The molecular formula is C15H25F3N4O2. The zero-order valence-corrected chi connectivity index (χ0v) is 14.5. The van der Waals surface area contributed by atoms with Gasteiger partial charge in [-0.3, -0.25) is 0 Å². The minimum atomic E-state index is -4.67. The third kappa shape index (κ3) is 5.68. The van der Waals surface area contributed by atoms with Gasteiger partial charge in [-0.15, -0.1) is 5.10 Å². The summed E-state index contributed by atoms with van der Waals surface area (Å²) >= 11 is 0. The molecule has 9 heteroatoms. The molecule has 138 valence electrons. The van der Waals surface area contributed by atoms with Crippen LogP contribution in [0.5, 0.6) is 0 Å². The van der Waals surface area contributed by atoms with Crippen LogP contribution in [0.25, 0.3) is 0 Å². The van der Waals surface area contributed by atoms with Gasteiger partial charge in [-0.25, -0.2) is 14.5 Å². The summed E-state index contributed by atoms with van der Waals surface area (Å²) in [5, 5.41) is 3.57. The van der Waals surface area contributed by atoms with E-state index in [-0.39, 0.29) is 12.4 Å². The number of hydrogen-bond donors (Lipinski definition) is 1. The third-order valence-electron chi connectivity index (χ3n) is 3.43. The van der Waals surface area contributed by atoms with Crippen LogP contribution in [0.1, 0.15) is 71.1 Å². The topological polar surface area (TPSA) is 83.0 Å². The molecule has 0 spiro atoms. The molecule has 2 N–H and O–H groups in total. The predicted octanol–water partition coefficient (Wildman–Crippen LogP) is 4.06. The minimum absolute atomic E-state index is 0.0369. The SMILES string of the molecule is CCCCCCn1nc(C(F)(F)F)nc1C(OC(N)=O)C(C)(C)C. The lowest BCUT2D eigenvalue weighted by Crippen LogP contribution is -2.29. The first-order valence-electron chi connectivity index (χ1n) is 7.94. The number of aromatic nitrogens is 3. The molecule has 1 atom stereocenters. The highest BCUT2D eigenvalue weighted by Crippen LogP contribution is 2.37. The van der Waals surface area contributed by atoms with E-state index in [0.29, 0.717) is 6.42 Å². The second kappa shape index (κ2) is 7.85. The molecule has 0 saturated carbocycles. The average molecular weight is 350 g/mol. The zero-order chi connectivity index (χ0) is 18.5. The van der Waals surface area contributed by atoms with Crippen molar-refractivity contribution in [2.45, 2.75) is 72.2 Å². The molecular weight excluding hydrogens is 325 g/mol. The molecule has 0 bridgehead atoms. The van der Waals surface area contributed by atoms with E-state index in [1.54, 1.807) is 20.8 Å². The fourth-order valence-electron chi connectivity index (χ4n) is 2.25. The second-order valence-corrected chi connectivity index (χ2v) is 6.76. The molecule has 1 heterocycles. The van der Waals surface area contributed by atoms with Crippen molar-refractivity contribution in [1.29, 1.82) is 0 Å². The van der Waals surface area contributed by atoms with Gasteiger partial charge < -0.3 is 10.5 Å². The lowest BCUT2D eigenvalue weighted by atomic mass is 9.88. The van der Waals surface area contributed by atoms with Gasteiger partial charge in [0.25, 0.3) is 5.82 Å². The first-order valence-corrected chi connectivity index (χ1v) is 7.94. The average Bonchev–Trinajstić information content (AvgIpc) is 2.83. The summed E-state index contributed by atoms with van der Waals surface area (Å²) < 4.78 is 45.1. The van der Waals surface area contributed by atoms with Gasteiger partial charge >= 0.3 is 12.3 Å². The van der Waals surface area contributed by atoms with Gasteiger partial charge in [0.15, 0.2) is 11.9 Å². The maximum Gasteiger partial charge on any atom is 0.453 e. The Balaban J connectivity index is 3.19. The zero-order valence-electron chi connectivity index (χ0n) is 14.5. The number of aryl methyl sites for hydroxylation is 1. The lowest BCUT2D eigenvalue weighted by molar-refractivity contribution is -0.145. The normalized spacial score (nSPS) is 13.8. The van der Waals surface area contributed by atoms with E-state index in [1.807, 2.05) is 6.92 Å². The number of primary amides is 1. The molecule has 6 nitrogen and oxygen atoms in total. The molecule has 1 rings (SSSR count). The summed E-state index contributed by atoms with van der Waals surface area (Å²) in [6.45, 7) is 7.49. The summed E-state index contributed by atoms with van der Waals surface area (Å²) in [6.07, 6.45) is -3.24. The van der Waals surface area contributed by atoms with Crippen molar-refractivity contribution in [3.8, 4) is 0 Å². The van der Waals surface area contributed by atoms with Crippen LogP contribution in [0.3, 0.4) is 0 Å². The number of alkyl halides is 3. The highest BCUT2D eigenvalue weighted by Gasteiger charge is 2.41. The number of carbonyl (C=O) groups is 1. The Labute approximate surface area is 139 Å². The van der Waals surface area contributed by atoms with Crippen molar-refractivity contribution in [2.75, 3.05) is 0 Å². The van der Waals surface area contributed by atoms with Crippen molar-refractivity contribution in [2.24, 2.45) is 11.1 Å². The minimum Gasteiger partial charge on any atom is -0.438 e. The molecule has 0 aliphatic carbocycles. The molecule has 1 aromatic heterocycles. The fraction of sp³-hybridized carbons (Fsp3) is 0.800. The highest BCUT2D eigenvalue weighted by atomic mass is 19.4. The fourth-order valence-corrected chi connectivity index (χ4v) is 2.25. The Morgan fingerprint density at radius 3 is 2.33 bits per heavy atom. The highest BCUT2D eigenvalue weighted by molar-refractivity contribution is 5.65. The molecule has 0 aliphatic heterocycles. The van der Waals surface area contributed by atoms with E-state index in [2.05, 4.69) is 10.1 Å². The first-order chi connectivity index (χ1) is 11.0. The Bertz CT molecular complexity index is 550. The number of carbonyl (C=O) groups excluding carboxylic acids is 1. The summed E-state index contributed by atoms with van der Waals surface area (Å²) in [5.41, 5.74) is 4.38. The Morgan fingerprint density at radius 1 is 1.25 bits per heavy atom. The largest absolute Gasteiger partial charge is 0.453 e. The van der Waals surface area contributed by atoms with E-state index < -0.39 is 29.6 Å². The number of ether oxygens (including phenoxy) is 1. The standard InChI is InChI=1S/C15H25F3N4O2/c1-5-6-7-8-9-22-11(20-12(21-22)15(16,17)18)10(14(2,3)4)24-13(19)23/h10H,5-9H2,1-4H3,(H2,19,23). The number of amides is 1. The van der Waals surface area contributed by atoms with E-state index in [4.69, 9.17) is 10.5 Å². The summed E-state index contributed by atoms with van der Waals surface area (Å²) in [7, 11) is 0. The van der Waals surface area contributed by atoms with E-state index in [9.17, 15) is 18.0 Å². The van der Waals surface area contributed by atoms with Gasteiger partial charge in [0.05, 0.1) is 0 Å². The van der Waals surface area contributed by atoms with Crippen molar-refractivity contribution in [1.82, 2.24) is 14.8 Å². The third-order valence-corrected chi connectivity index (χ3v) is 3.43. The molecule has 0 fully saturated rings. The molecule has 1 aromatic rings. The molecule has 24 heavy (non-hydrogen) atoms. The van der Waals surface area contributed by atoms with Crippen LogP contribution in [-0.4, -0.2) is 20.9 Å². The molecule has 1 unspecified atom stereocenters. The summed E-state index contributed by atoms with van der Waals surface area (Å²) in [5.74, 6) is -1.28. The number of rotatable bonds is 7. The van der Waals surface area contributed by atoms with Gasteiger partial charge in [0.2, 0.25) is 0 Å². The van der Waals surface area contributed by atoms with Gasteiger partial charge in [0.1, 0.15) is 0 Å². The van der Waals surface area contributed by atoms with Crippen LogP contribution >= 0.6 is 0 Å². The van der Waals surface area contributed by atoms with Crippen LogP contribution in [0.15, 0.2) is 0 Å². The van der Waals surface area contributed by atoms with Crippen LogP contribution in [-0.2, 0) is 17.5 Å². The maximum atomic E-state index is 13.0. The molecule has 1 amide bonds. The van der Waals surface area contributed by atoms with Crippen molar-refractivity contribution in [3.63, 3.8) is 0 Å². The molecule has 0 radical (unpaired) electrons. The van der Waals surface area contributed by atoms with E-state index >= 15 is 0 Å². The number of nitrogens with zero attached hydrogens (tertiary/aromatic N) is 3. The van der Waals surface area contributed by atoms with Gasteiger partial charge in [-0.1, -0.05) is 47.0 Å². The molecule has 0 aliphatic rings. The lowest BCUT2D eigenvalue weighted by Gasteiger charge is -2.28. The van der Waals surface area contributed by atoms with E-state index in [0.717, 1.165) is 19.3 Å². The molecule has 0 aromatic carbocycles. The van der Waals surface area contributed by atoms with Crippen LogP contribution in [0, 0.1) is 5.41 Å². The smallest absolute Gasteiger partial charge is 0.438 e. The van der Waals surface area contributed by atoms with E-state index in [1.165, 1.54) is 4.68 Å². The van der Waals surface area contributed by atoms with Crippen molar-refractivity contribution in [3.05, 3.63) is 11.6 Å². The van der Waals surface area contributed by atoms with Gasteiger partial charge in [-0.2, -0.15) is 13.2 Å². The van der Waals surface area contributed by atoms with Gasteiger partial charge in [-0.05, 0) is 6.42 Å². The number of hydrogen-bond acceptors (Lipinski definition) is 4. The number of halogens is 3. The summed E-state index contributed by atoms with van der Waals surface area (Å²) in [6, 6.07) is 0. The van der Waals surface area contributed by atoms with Crippen LogP contribution < -0.4 is 5.73 Å².